The molecule has 3 heteroatoms. The van der Waals surface area contributed by atoms with Crippen LogP contribution >= 0.6 is 0 Å². The number of fused-ring (bicyclic) bond motifs is 1. The molecule has 0 aliphatic carbocycles. The second-order valence-electron chi connectivity index (χ2n) is 4.94. The van der Waals surface area contributed by atoms with Crippen molar-refractivity contribution in [3.05, 3.63) is 35.5 Å². The molecule has 3 nitrogen and oxygen atoms in total. The average molecular weight is 230 g/mol. The molecule has 1 aliphatic rings. The zero-order valence-corrected chi connectivity index (χ0v) is 10.0. The third kappa shape index (κ3) is 1.85. The van der Waals surface area contributed by atoms with Gasteiger partial charge in [-0.25, -0.2) is 0 Å². The van der Waals surface area contributed by atoms with Crippen molar-refractivity contribution in [1.82, 2.24) is 10.3 Å². The van der Waals surface area contributed by atoms with Gasteiger partial charge in [-0.2, -0.15) is 0 Å². The van der Waals surface area contributed by atoms with Gasteiger partial charge in [0, 0.05) is 28.7 Å². The van der Waals surface area contributed by atoms with Crippen LogP contribution in [0.4, 0.5) is 0 Å². The lowest BCUT2D eigenvalue weighted by Gasteiger charge is -2.17. The van der Waals surface area contributed by atoms with Crippen molar-refractivity contribution in [2.45, 2.75) is 31.9 Å². The summed E-state index contributed by atoms with van der Waals surface area (Å²) in [5.74, 6) is 0. The van der Waals surface area contributed by atoms with Gasteiger partial charge >= 0.3 is 0 Å². The second kappa shape index (κ2) is 4.17. The maximum atomic E-state index is 10.4. The molecule has 3 N–H and O–H groups in total. The SMILES string of the molecule is Cc1ccc2[nH]cc(C(O)C3CCCN3)c2c1. The lowest BCUT2D eigenvalue weighted by atomic mass is 10.00. The first-order valence-electron chi connectivity index (χ1n) is 6.25. The summed E-state index contributed by atoms with van der Waals surface area (Å²) in [6.45, 7) is 3.10. The fraction of sp³-hybridized carbons (Fsp3) is 0.429. The summed E-state index contributed by atoms with van der Waals surface area (Å²) >= 11 is 0. The van der Waals surface area contributed by atoms with E-state index in [2.05, 4.69) is 35.4 Å². The molecule has 0 amide bonds. The van der Waals surface area contributed by atoms with Gasteiger partial charge in [-0.1, -0.05) is 11.6 Å². The molecule has 3 rings (SSSR count). The van der Waals surface area contributed by atoms with Gasteiger partial charge in [0.1, 0.15) is 0 Å². The van der Waals surface area contributed by atoms with Crippen LogP contribution in [0.25, 0.3) is 10.9 Å². The highest BCUT2D eigenvalue weighted by Gasteiger charge is 2.25. The van der Waals surface area contributed by atoms with E-state index in [-0.39, 0.29) is 6.04 Å². The number of nitrogens with one attached hydrogen (secondary N) is 2. The number of hydrogen-bond donors (Lipinski definition) is 3. The molecule has 0 spiro atoms. The van der Waals surface area contributed by atoms with Crippen molar-refractivity contribution in [2.24, 2.45) is 0 Å². The molecular formula is C14H18N2O. The lowest BCUT2D eigenvalue weighted by Crippen LogP contribution is -2.28. The van der Waals surface area contributed by atoms with Gasteiger partial charge in [0.25, 0.3) is 0 Å². The smallest absolute Gasteiger partial charge is 0.0963 e. The summed E-state index contributed by atoms with van der Waals surface area (Å²) < 4.78 is 0. The second-order valence-corrected chi connectivity index (χ2v) is 4.94. The molecule has 1 aromatic heterocycles. The third-order valence-electron chi connectivity index (χ3n) is 3.67. The van der Waals surface area contributed by atoms with Gasteiger partial charge in [0.15, 0.2) is 0 Å². The average Bonchev–Trinajstić information content (AvgIpc) is 2.97. The lowest BCUT2D eigenvalue weighted by molar-refractivity contribution is 0.139. The summed E-state index contributed by atoms with van der Waals surface area (Å²) in [6, 6.07) is 6.50. The summed E-state index contributed by atoms with van der Waals surface area (Å²) in [5, 5.41) is 14.9. The molecule has 0 saturated carbocycles. The number of H-pyrrole nitrogens is 1. The van der Waals surface area contributed by atoms with Gasteiger partial charge in [-0.3, -0.25) is 0 Å². The van der Waals surface area contributed by atoms with E-state index in [0.29, 0.717) is 0 Å². The van der Waals surface area contributed by atoms with Crippen LogP contribution in [0, 0.1) is 6.92 Å². The Morgan fingerprint density at radius 1 is 1.41 bits per heavy atom. The van der Waals surface area contributed by atoms with E-state index >= 15 is 0 Å². The maximum Gasteiger partial charge on any atom is 0.0963 e. The van der Waals surface area contributed by atoms with Crippen LogP contribution in [0.1, 0.15) is 30.1 Å². The highest BCUT2D eigenvalue weighted by atomic mass is 16.3. The highest BCUT2D eigenvalue weighted by Crippen LogP contribution is 2.29. The minimum Gasteiger partial charge on any atom is -0.387 e. The zero-order valence-electron chi connectivity index (χ0n) is 10.0. The van der Waals surface area contributed by atoms with Crippen molar-refractivity contribution in [2.75, 3.05) is 6.54 Å². The van der Waals surface area contributed by atoms with Crippen LogP contribution < -0.4 is 5.32 Å². The van der Waals surface area contributed by atoms with Crippen molar-refractivity contribution in [3.8, 4) is 0 Å². The standard InChI is InChI=1S/C14H18N2O/c1-9-4-5-12-10(7-9)11(8-16-12)14(17)13-3-2-6-15-13/h4-5,7-8,13-17H,2-3,6H2,1H3. The van der Waals surface area contributed by atoms with Crippen molar-refractivity contribution in [3.63, 3.8) is 0 Å². The Labute approximate surface area is 101 Å². The van der Waals surface area contributed by atoms with Crippen LogP contribution in [-0.4, -0.2) is 22.7 Å². The van der Waals surface area contributed by atoms with E-state index in [1.807, 2.05) is 6.20 Å². The molecule has 2 atom stereocenters. The number of aromatic nitrogens is 1. The van der Waals surface area contributed by atoms with Crippen LogP contribution in [0.3, 0.4) is 0 Å². The maximum absolute atomic E-state index is 10.4. The quantitative estimate of drug-likeness (QED) is 0.741. The molecule has 90 valence electrons. The number of rotatable bonds is 2. The largest absolute Gasteiger partial charge is 0.387 e. The molecule has 1 aliphatic heterocycles. The van der Waals surface area contributed by atoms with E-state index in [1.165, 1.54) is 5.56 Å². The summed E-state index contributed by atoms with van der Waals surface area (Å²) in [5.41, 5.74) is 3.34. The highest BCUT2D eigenvalue weighted by molar-refractivity contribution is 5.84. The van der Waals surface area contributed by atoms with E-state index < -0.39 is 6.10 Å². The fourth-order valence-electron chi connectivity index (χ4n) is 2.70. The normalized spacial score (nSPS) is 22.1. The molecule has 1 fully saturated rings. The van der Waals surface area contributed by atoms with Gasteiger partial charge in [0.05, 0.1) is 6.10 Å². The Bertz CT molecular complexity index is 526. The summed E-state index contributed by atoms with van der Waals surface area (Å²) in [7, 11) is 0. The Morgan fingerprint density at radius 3 is 3.06 bits per heavy atom. The van der Waals surface area contributed by atoms with Gasteiger partial charge < -0.3 is 15.4 Å². The molecule has 0 radical (unpaired) electrons. The predicted octanol–water partition coefficient (Wildman–Crippen LogP) is 2.26. The molecule has 17 heavy (non-hydrogen) atoms. The zero-order chi connectivity index (χ0) is 11.8. The first-order valence-corrected chi connectivity index (χ1v) is 6.25. The number of benzene rings is 1. The Balaban J connectivity index is 2.01. The molecule has 2 unspecified atom stereocenters. The molecular weight excluding hydrogens is 212 g/mol. The van der Waals surface area contributed by atoms with Gasteiger partial charge in [-0.15, -0.1) is 0 Å². The molecule has 0 bridgehead atoms. The first-order chi connectivity index (χ1) is 8.25. The molecule has 2 heterocycles. The first kappa shape index (κ1) is 10.8. The Morgan fingerprint density at radius 2 is 2.29 bits per heavy atom. The minimum atomic E-state index is -0.409. The molecule has 2 aromatic rings. The Kier molecular flexibility index (Phi) is 2.65. The van der Waals surface area contributed by atoms with Crippen LogP contribution in [0.2, 0.25) is 0 Å². The van der Waals surface area contributed by atoms with Crippen LogP contribution in [-0.2, 0) is 0 Å². The van der Waals surface area contributed by atoms with Crippen molar-refractivity contribution < 1.29 is 5.11 Å². The number of aliphatic hydroxyl groups is 1. The number of aliphatic hydroxyl groups excluding tert-OH is 1. The van der Waals surface area contributed by atoms with E-state index in [4.69, 9.17) is 0 Å². The minimum absolute atomic E-state index is 0.203. The summed E-state index contributed by atoms with van der Waals surface area (Å²) in [6.07, 6.45) is 3.74. The van der Waals surface area contributed by atoms with Crippen molar-refractivity contribution >= 4 is 10.9 Å². The number of hydrogen-bond acceptors (Lipinski definition) is 2. The van der Waals surface area contributed by atoms with E-state index in [0.717, 1.165) is 35.9 Å². The summed E-state index contributed by atoms with van der Waals surface area (Å²) in [4.78, 5) is 3.23. The van der Waals surface area contributed by atoms with Crippen molar-refractivity contribution in [1.29, 1.82) is 0 Å². The fourth-order valence-corrected chi connectivity index (χ4v) is 2.70. The topological polar surface area (TPSA) is 48.0 Å². The monoisotopic (exact) mass is 230 g/mol. The Hall–Kier alpha value is -1.32. The van der Waals surface area contributed by atoms with Gasteiger partial charge in [-0.05, 0) is 38.4 Å². The van der Waals surface area contributed by atoms with Gasteiger partial charge in [0.2, 0.25) is 0 Å². The third-order valence-corrected chi connectivity index (χ3v) is 3.67. The number of aryl methyl sites for hydroxylation is 1. The van der Waals surface area contributed by atoms with Crippen LogP contribution in [0.5, 0.6) is 0 Å². The van der Waals surface area contributed by atoms with Crippen LogP contribution in [0.15, 0.2) is 24.4 Å². The van der Waals surface area contributed by atoms with E-state index in [1.54, 1.807) is 0 Å². The molecule has 1 saturated heterocycles. The predicted molar refractivity (Wildman–Crippen MR) is 69.0 cm³/mol. The number of aromatic amines is 1. The molecule has 1 aromatic carbocycles. The van der Waals surface area contributed by atoms with E-state index in [9.17, 15) is 5.11 Å².